The summed E-state index contributed by atoms with van der Waals surface area (Å²) in [5.74, 6) is 0.0872. The van der Waals surface area contributed by atoms with Gasteiger partial charge >= 0.3 is 0 Å². The van der Waals surface area contributed by atoms with Gasteiger partial charge in [0.05, 0.1) is 0 Å². The smallest absolute Gasteiger partial charge is 0.195 e. The first kappa shape index (κ1) is 11.8. The van der Waals surface area contributed by atoms with E-state index in [9.17, 15) is 4.79 Å². The molecule has 1 saturated heterocycles. The molecule has 0 bridgehead atoms. The predicted octanol–water partition coefficient (Wildman–Crippen LogP) is 4.22. The molecule has 2 aromatic carbocycles. The molecule has 2 nitrogen and oxygen atoms in total. The zero-order valence-corrected chi connectivity index (χ0v) is 11.5. The van der Waals surface area contributed by atoms with Crippen LogP contribution in [-0.2, 0) is 4.74 Å². The molecule has 0 amide bonds. The minimum absolute atomic E-state index is 0.0872. The summed E-state index contributed by atoms with van der Waals surface area (Å²) in [4.78, 5) is 12.3. The van der Waals surface area contributed by atoms with Gasteiger partial charge in [0, 0.05) is 10.9 Å². The number of rotatable bonds is 3. The van der Waals surface area contributed by atoms with E-state index < -0.39 is 0 Å². The Bertz CT molecular complexity index is 771. The first-order chi connectivity index (χ1) is 9.84. The lowest BCUT2D eigenvalue weighted by Gasteiger charge is -2.03. The Hall–Kier alpha value is -1.97. The van der Waals surface area contributed by atoms with Crippen molar-refractivity contribution in [1.29, 1.82) is 0 Å². The van der Waals surface area contributed by atoms with Crippen LogP contribution in [0.2, 0.25) is 0 Å². The van der Waals surface area contributed by atoms with Crippen molar-refractivity contribution in [2.75, 3.05) is 0 Å². The number of carbonyl (C=O) groups excluding carboxylic acids is 1. The second kappa shape index (κ2) is 4.54. The van der Waals surface area contributed by atoms with Crippen LogP contribution in [0.15, 0.2) is 59.3 Å². The van der Waals surface area contributed by atoms with Gasteiger partial charge in [-0.05, 0) is 27.8 Å². The van der Waals surface area contributed by atoms with E-state index >= 15 is 0 Å². The van der Waals surface area contributed by atoms with Crippen molar-refractivity contribution >= 4 is 27.9 Å². The van der Waals surface area contributed by atoms with Crippen molar-refractivity contribution in [1.82, 2.24) is 0 Å². The second-order valence-electron chi connectivity index (χ2n) is 4.92. The number of benzene rings is 2. The molecular weight excluding hydrogens is 268 g/mol. The predicted molar refractivity (Wildman–Crippen MR) is 80.2 cm³/mol. The van der Waals surface area contributed by atoms with Gasteiger partial charge < -0.3 is 4.74 Å². The highest BCUT2D eigenvalue weighted by Crippen LogP contribution is 2.43. The Balaban J connectivity index is 1.68. The summed E-state index contributed by atoms with van der Waals surface area (Å²) in [6, 6.07) is 16.2. The van der Waals surface area contributed by atoms with E-state index in [2.05, 4.69) is 18.2 Å². The Morgan fingerprint density at radius 3 is 2.75 bits per heavy atom. The minimum Gasteiger partial charge on any atom is -0.356 e. The Kier molecular flexibility index (Phi) is 2.69. The fourth-order valence-electron chi connectivity index (χ4n) is 2.62. The Morgan fingerprint density at radius 2 is 1.90 bits per heavy atom. The molecule has 0 spiro atoms. The summed E-state index contributed by atoms with van der Waals surface area (Å²) in [7, 11) is 0. The van der Waals surface area contributed by atoms with E-state index in [0.717, 1.165) is 11.1 Å². The van der Waals surface area contributed by atoms with Crippen LogP contribution in [0.25, 0.3) is 10.8 Å². The summed E-state index contributed by atoms with van der Waals surface area (Å²) < 4.78 is 5.65. The molecule has 0 aliphatic carbocycles. The monoisotopic (exact) mass is 280 g/mol. The van der Waals surface area contributed by atoms with Gasteiger partial charge in [-0.3, -0.25) is 4.79 Å². The van der Waals surface area contributed by atoms with Gasteiger partial charge in [-0.1, -0.05) is 42.5 Å². The van der Waals surface area contributed by atoms with Gasteiger partial charge in [-0.2, -0.15) is 11.3 Å². The molecule has 1 aliphatic heterocycles. The van der Waals surface area contributed by atoms with E-state index in [1.165, 1.54) is 22.1 Å². The van der Waals surface area contributed by atoms with Gasteiger partial charge in [-0.25, -0.2) is 0 Å². The van der Waals surface area contributed by atoms with Crippen molar-refractivity contribution in [2.45, 2.75) is 12.2 Å². The molecule has 4 rings (SSSR count). The minimum atomic E-state index is -0.324. The van der Waals surface area contributed by atoms with Gasteiger partial charge in [-0.15, -0.1) is 0 Å². The summed E-state index contributed by atoms with van der Waals surface area (Å²) in [6.45, 7) is 0. The van der Waals surface area contributed by atoms with E-state index in [4.69, 9.17) is 4.74 Å². The van der Waals surface area contributed by atoms with Crippen molar-refractivity contribution in [2.24, 2.45) is 0 Å². The summed E-state index contributed by atoms with van der Waals surface area (Å²) >= 11 is 1.54. The highest BCUT2D eigenvalue weighted by Gasteiger charge is 2.46. The van der Waals surface area contributed by atoms with E-state index in [1.807, 2.05) is 41.1 Å². The number of ketones is 1. The summed E-state index contributed by atoms with van der Waals surface area (Å²) in [5.41, 5.74) is 1.86. The molecule has 98 valence electrons. The van der Waals surface area contributed by atoms with Crippen LogP contribution in [0, 0.1) is 0 Å². The van der Waals surface area contributed by atoms with Gasteiger partial charge in [0.2, 0.25) is 0 Å². The second-order valence-corrected chi connectivity index (χ2v) is 5.70. The van der Waals surface area contributed by atoms with Crippen LogP contribution >= 0.6 is 11.3 Å². The van der Waals surface area contributed by atoms with Crippen molar-refractivity contribution in [3.8, 4) is 0 Å². The van der Waals surface area contributed by atoms with Gasteiger partial charge in [0.1, 0.15) is 6.10 Å². The number of hydrogen-bond donors (Lipinski definition) is 0. The molecule has 1 aromatic heterocycles. The maximum absolute atomic E-state index is 12.3. The SMILES string of the molecule is O=C(c1ccsc1)[C@H]1O[C@@H]1c1cccc2ccccc12. The number of fused-ring (bicyclic) bond motifs is 1. The Morgan fingerprint density at radius 1 is 1.05 bits per heavy atom. The summed E-state index contributed by atoms with van der Waals surface area (Å²) in [6.07, 6.45) is -0.427. The van der Waals surface area contributed by atoms with Crippen LogP contribution in [0.4, 0.5) is 0 Å². The standard InChI is InChI=1S/C17H12O2S/c18-15(12-8-9-20-10-12)17-16(19-17)14-7-3-5-11-4-1-2-6-13(11)14/h1-10,16-17H/t16-,17-/m1/s1. The first-order valence-electron chi connectivity index (χ1n) is 6.54. The Labute approximate surface area is 120 Å². The fraction of sp³-hybridized carbons (Fsp3) is 0.118. The number of epoxide rings is 1. The molecule has 0 N–H and O–H groups in total. The quantitative estimate of drug-likeness (QED) is 0.531. The normalized spacial score (nSPS) is 21.0. The molecule has 1 fully saturated rings. The lowest BCUT2D eigenvalue weighted by atomic mass is 9.99. The topological polar surface area (TPSA) is 29.6 Å². The third kappa shape index (κ3) is 1.87. The van der Waals surface area contributed by atoms with Crippen molar-refractivity contribution in [3.63, 3.8) is 0 Å². The number of carbonyl (C=O) groups is 1. The average molecular weight is 280 g/mol. The zero-order chi connectivity index (χ0) is 13.5. The van der Waals surface area contributed by atoms with E-state index in [-0.39, 0.29) is 18.0 Å². The molecule has 2 heterocycles. The van der Waals surface area contributed by atoms with Crippen LogP contribution in [0.1, 0.15) is 22.0 Å². The molecule has 3 aromatic rings. The van der Waals surface area contributed by atoms with Crippen LogP contribution < -0.4 is 0 Å². The molecule has 2 atom stereocenters. The first-order valence-corrected chi connectivity index (χ1v) is 7.48. The third-order valence-corrected chi connectivity index (χ3v) is 4.37. The maximum Gasteiger partial charge on any atom is 0.195 e. The number of hydrogen-bond acceptors (Lipinski definition) is 3. The highest BCUT2D eigenvalue weighted by atomic mass is 32.1. The van der Waals surface area contributed by atoms with E-state index in [0.29, 0.717) is 0 Å². The lowest BCUT2D eigenvalue weighted by molar-refractivity contribution is 0.0954. The fourth-order valence-corrected chi connectivity index (χ4v) is 3.26. The number of Topliss-reactive ketones (excluding diaryl/α,β-unsaturated/α-hetero) is 1. The molecule has 3 heteroatoms. The third-order valence-electron chi connectivity index (χ3n) is 3.69. The number of ether oxygens (including phenoxy) is 1. The van der Waals surface area contributed by atoms with Crippen LogP contribution in [0.5, 0.6) is 0 Å². The maximum atomic E-state index is 12.3. The average Bonchev–Trinajstić information content (AvgIpc) is 3.09. The molecule has 1 aliphatic rings. The molecule has 20 heavy (non-hydrogen) atoms. The lowest BCUT2D eigenvalue weighted by Crippen LogP contribution is -2.06. The molecular formula is C17H12O2S. The largest absolute Gasteiger partial charge is 0.356 e. The molecule has 0 saturated carbocycles. The van der Waals surface area contributed by atoms with Crippen molar-refractivity contribution in [3.05, 3.63) is 70.4 Å². The van der Waals surface area contributed by atoms with Crippen molar-refractivity contribution < 1.29 is 9.53 Å². The van der Waals surface area contributed by atoms with Crippen LogP contribution in [-0.4, -0.2) is 11.9 Å². The molecule has 0 unspecified atom stereocenters. The summed E-state index contributed by atoms with van der Waals surface area (Å²) in [5, 5.41) is 6.15. The number of thiophene rings is 1. The highest BCUT2D eigenvalue weighted by molar-refractivity contribution is 7.08. The zero-order valence-electron chi connectivity index (χ0n) is 10.7. The van der Waals surface area contributed by atoms with E-state index in [1.54, 1.807) is 0 Å². The van der Waals surface area contributed by atoms with Gasteiger partial charge in [0.25, 0.3) is 0 Å². The van der Waals surface area contributed by atoms with Gasteiger partial charge in [0.15, 0.2) is 11.9 Å². The van der Waals surface area contributed by atoms with Crippen LogP contribution in [0.3, 0.4) is 0 Å². The molecule has 0 radical (unpaired) electrons.